The number of benzene rings is 1. The summed E-state index contributed by atoms with van der Waals surface area (Å²) in [4.78, 5) is 0. The van der Waals surface area contributed by atoms with Gasteiger partial charge in [0.2, 0.25) is 0 Å². The van der Waals surface area contributed by atoms with Crippen molar-refractivity contribution in [1.29, 1.82) is 0 Å². The predicted octanol–water partition coefficient (Wildman–Crippen LogP) is 3.12. The molecule has 1 rings (SSSR count). The quantitative estimate of drug-likeness (QED) is 0.655. The molecule has 0 aromatic heterocycles. The van der Waals surface area contributed by atoms with Crippen LogP contribution in [0.15, 0.2) is 24.3 Å². The summed E-state index contributed by atoms with van der Waals surface area (Å²) >= 11 is 10.6. The Labute approximate surface area is 73.1 Å². The highest BCUT2D eigenvalue weighted by atomic mass is 35.9. The summed E-state index contributed by atoms with van der Waals surface area (Å²) in [5.41, 5.74) is 0. The maximum Gasteiger partial charge on any atom is 0.282 e. The van der Waals surface area contributed by atoms with Gasteiger partial charge in [0.15, 0.2) is 0 Å². The van der Waals surface area contributed by atoms with Gasteiger partial charge in [0, 0.05) is 5.30 Å². The van der Waals surface area contributed by atoms with Crippen molar-refractivity contribution in [3.8, 4) is 0 Å². The molecular weight excluding hydrogens is 209 g/mol. The second kappa shape index (κ2) is 3.14. The molecule has 0 aliphatic carbocycles. The largest absolute Gasteiger partial charge is 0.284 e. The molecule has 0 fully saturated rings. The van der Waals surface area contributed by atoms with Crippen molar-refractivity contribution in [3.63, 3.8) is 0 Å². The summed E-state index contributed by atoms with van der Waals surface area (Å²) in [5, 5.41) is 0.126. The normalized spacial score (nSPS) is 11.5. The lowest BCUT2D eigenvalue weighted by Crippen LogP contribution is -1.96. The van der Waals surface area contributed by atoms with Crippen LogP contribution >= 0.6 is 28.3 Å². The van der Waals surface area contributed by atoms with Gasteiger partial charge in [-0.15, -0.1) is 0 Å². The van der Waals surface area contributed by atoms with Crippen molar-refractivity contribution in [1.82, 2.24) is 0 Å². The van der Waals surface area contributed by atoms with E-state index in [4.69, 9.17) is 22.5 Å². The molecule has 0 spiro atoms. The van der Waals surface area contributed by atoms with Crippen LogP contribution in [0.2, 0.25) is 0 Å². The fraction of sp³-hybridized carbons (Fsp3) is 0. The summed E-state index contributed by atoms with van der Waals surface area (Å²) in [6.45, 7) is 0. The van der Waals surface area contributed by atoms with E-state index in [2.05, 4.69) is 0 Å². The fourth-order valence-corrected chi connectivity index (χ4v) is 1.80. The van der Waals surface area contributed by atoms with E-state index >= 15 is 0 Å². The Morgan fingerprint density at radius 1 is 1.36 bits per heavy atom. The van der Waals surface area contributed by atoms with Crippen LogP contribution in [0, 0.1) is 5.82 Å². The number of rotatable bonds is 1. The van der Waals surface area contributed by atoms with Gasteiger partial charge in [-0.2, -0.15) is 0 Å². The van der Waals surface area contributed by atoms with Crippen LogP contribution in [0.3, 0.4) is 0 Å². The molecule has 0 radical (unpaired) electrons. The second-order valence-corrected chi connectivity index (χ2v) is 6.76. The third-order valence-electron chi connectivity index (χ3n) is 1.11. The first kappa shape index (κ1) is 9.05. The molecule has 0 aliphatic heterocycles. The van der Waals surface area contributed by atoms with Crippen LogP contribution < -0.4 is 5.30 Å². The lowest BCUT2D eigenvalue weighted by Gasteiger charge is -1.99. The Hall–Kier alpha value is -0.0400. The summed E-state index contributed by atoms with van der Waals surface area (Å²) in [5.74, 6) is -3.84. The Morgan fingerprint density at radius 2 is 2.00 bits per heavy atom. The van der Waals surface area contributed by atoms with Gasteiger partial charge in [0.05, 0.1) is 0 Å². The van der Waals surface area contributed by atoms with Crippen molar-refractivity contribution in [3.05, 3.63) is 30.1 Å². The van der Waals surface area contributed by atoms with Crippen LogP contribution in [0.1, 0.15) is 0 Å². The molecule has 60 valence electrons. The van der Waals surface area contributed by atoms with Gasteiger partial charge in [-0.1, -0.05) is 6.07 Å². The highest BCUT2D eigenvalue weighted by Gasteiger charge is 2.16. The Kier molecular flexibility index (Phi) is 2.58. The van der Waals surface area contributed by atoms with E-state index in [1.54, 1.807) is 0 Å². The minimum Gasteiger partial charge on any atom is -0.284 e. The van der Waals surface area contributed by atoms with Gasteiger partial charge in [-0.25, -0.2) is 4.39 Å². The molecule has 1 aromatic carbocycles. The van der Waals surface area contributed by atoms with Gasteiger partial charge >= 0.3 is 0 Å². The molecule has 1 nitrogen and oxygen atoms in total. The third kappa shape index (κ3) is 2.48. The molecule has 0 N–H and O–H groups in total. The highest BCUT2D eigenvalue weighted by Crippen LogP contribution is 2.55. The molecule has 0 atom stereocenters. The molecule has 0 heterocycles. The molecule has 11 heavy (non-hydrogen) atoms. The van der Waals surface area contributed by atoms with Gasteiger partial charge in [0.1, 0.15) is 5.82 Å². The van der Waals surface area contributed by atoms with Crippen LogP contribution in [0.25, 0.3) is 0 Å². The lowest BCUT2D eigenvalue weighted by atomic mass is 10.4. The zero-order valence-electron chi connectivity index (χ0n) is 5.30. The maximum absolute atomic E-state index is 12.5. The van der Waals surface area contributed by atoms with Gasteiger partial charge < -0.3 is 0 Å². The second-order valence-electron chi connectivity index (χ2n) is 1.94. The van der Waals surface area contributed by atoms with Crippen LogP contribution in [0.4, 0.5) is 4.39 Å². The van der Waals surface area contributed by atoms with Crippen molar-refractivity contribution in [2.45, 2.75) is 0 Å². The summed E-state index contributed by atoms with van der Waals surface area (Å²) in [6, 6.07) is 5.11. The average molecular weight is 213 g/mol. The van der Waals surface area contributed by atoms with E-state index in [1.165, 1.54) is 18.2 Å². The number of hydrogen-bond acceptors (Lipinski definition) is 1. The van der Waals surface area contributed by atoms with Crippen LogP contribution in [0.5, 0.6) is 0 Å². The summed E-state index contributed by atoms with van der Waals surface area (Å²) in [7, 11) is 0. The van der Waals surface area contributed by atoms with E-state index in [0.717, 1.165) is 6.07 Å². The smallest absolute Gasteiger partial charge is 0.282 e. The predicted molar refractivity (Wildman–Crippen MR) is 45.3 cm³/mol. The van der Waals surface area contributed by atoms with Crippen molar-refractivity contribution in [2.75, 3.05) is 0 Å². The van der Waals surface area contributed by atoms with E-state index in [0.29, 0.717) is 0 Å². The maximum atomic E-state index is 12.5. The van der Waals surface area contributed by atoms with E-state index in [9.17, 15) is 8.96 Å². The zero-order chi connectivity index (χ0) is 8.48. The monoisotopic (exact) mass is 212 g/mol. The SMILES string of the molecule is O=P(Cl)(Cl)c1cccc(F)c1. The first-order chi connectivity index (χ1) is 5.00. The Balaban J connectivity index is 3.17. The van der Waals surface area contributed by atoms with Crippen molar-refractivity contribution in [2.24, 2.45) is 0 Å². The third-order valence-corrected chi connectivity index (χ3v) is 3.16. The van der Waals surface area contributed by atoms with Crippen LogP contribution in [-0.4, -0.2) is 0 Å². The Bertz CT molecular complexity index is 309. The molecule has 0 saturated heterocycles. The minimum absolute atomic E-state index is 0.126. The molecule has 0 aliphatic rings. The summed E-state index contributed by atoms with van der Waals surface area (Å²) < 4.78 is 23.4. The topological polar surface area (TPSA) is 17.1 Å². The van der Waals surface area contributed by atoms with E-state index in [1.807, 2.05) is 0 Å². The molecular formula is C6H4Cl2FOP. The molecule has 1 aromatic rings. The van der Waals surface area contributed by atoms with E-state index in [-0.39, 0.29) is 5.30 Å². The van der Waals surface area contributed by atoms with Crippen molar-refractivity contribution < 1.29 is 8.96 Å². The van der Waals surface area contributed by atoms with Gasteiger partial charge in [-0.3, -0.25) is 4.57 Å². The number of hydrogen-bond donors (Lipinski definition) is 0. The van der Waals surface area contributed by atoms with Crippen LogP contribution in [-0.2, 0) is 4.57 Å². The standard InChI is InChI=1S/C6H4Cl2FOP/c7-11(8,10)6-3-1-2-5(9)4-6/h1-4H. The molecule has 0 bridgehead atoms. The fourth-order valence-electron chi connectivity index (χ4n) is 0.638. The highest BCUT2D eigenvalue weighted by molar-refractivity contribution is 8.13. The average Bonchev–Trinajstić information content (AvgIpc) is 1.86. The molecule has 0 amide bonds. The van der Waals surface area contributed by atoms with Gasteiger partial charge in [0.25, 0.3) is 5.85 Å². The first-order valence-corrected chi connectivity index (χ1v) is 6.27. The first-order valence-electron chi connectivity index (χ1n) is 2.75. The lowest BCUT2D eigenvalue weighted by molar-refractivity contribution is 0.596. The molecule has 0 unspecified atom stereocenters. The Morgan fingerprint density at radius 3 is 2.36 bits per heavy atom. The zero-order valence-corrected chi connectivity index (χ0v) is 7.71. The molecule has 0 saturated carbocycles. The van der Waals surface area contributed by atoms with E-state index < -0.39 is 11.7 Å². The minimum atomic E-state index is -3.34. The number of halogens is 3. The van der Waals surface area contributed by atoms with Gasteiger partial charge in [-0.05, 0) is 40.7 Å². The summed E-state index contributed by atoms with van der Waals surface area (Å²) in [6.07, 6.45) is 0. The molecule has 5 heteroatoms. The van der Waals surface area contributed by atoms with Crippen molar-refractivity contribution >= 4 is 33.6 Å².